The van der Waals surface area contributed by atoms with E-state index in [0.29, 0.717) is 12.0 Å². The number of hydrogen-bond donors (Lipinski definition) is 8. The molecule has 2 aromatic carbocycles. The number of nitrogens with two attached hydrogens (primary N) is 1. The van der Waals surface area contributed by atoms with Crippen molar-refractivity contribution < 1.29 is 48.9 Å². The van der Waals surface area contributed by atoms with Crippen molar-refractivity contribution in [2.75, 3.05) is 27.2 Å². The van der Waals surface area contributed by atoms with E-state index < -0.39 is 72.3 Å². The molecule has 9 N–H and O–H groups in total. The van der Waals surface area contributed by atoms with Crippen LogP contribution in [0.25, 0.3) is 11.1 Å². The molecule has 0 radical (unpaired) electrons. The molecule has 17 nitrogen and oxygen atoms in total. The quantitative estimate of drug-likeness (QED) is 0.0745. The Morgan fingerprint density at radius 1 is 0.778 bits per heavy atom. The Morgan fingerprint density at radius 2 is 1.33 bits per heavy atom. The van der Waals surface area contributed by atoms with E-state index in [0.717, 1.165) is 24.2 Å². The van der Waals surface area contributed by atoms with E-state index in [1.165, 1.54) is 127 Å². The molecule has 1 aliphatic heterocycles. The number of unbranched alkanes of at least 4 members (excludes halogenated alkanes) is 12. The molecule has 4 bridgehead atoms. The molecule has 1 heterocycles. The minimum absolute atomic E-state index is 0.0760. The second kappa shape index (κ2) is 26.0. The van der Waals surface area contributed by atoms with Crippen LogP contribution in [0.4, 0.5) is 0 Å². The minimum atomic E-state index is -1.46. The number of fused-ring (bicyclic) bond motifs is 5. The van der Waals surface area contributed by atoms with Gasteiger partial charge in [-0.05, 0) is 55.7 Å². The van der Waals surface area contributed by atoms with Gasteiger partial charge in [-0.3, -0.25) is 28.8 Å². The third-order valence-corrected chi connectivity index (χ3v) is 11.6. The summed E-state index contributed by atoms with van der Waals surface area (Å²) in [5.41, 5.74) is 6.66. The lowest BCUT2D eigenvalue weighted by Crippen LogP contribution is -2.56. The predicted molar refractivity (Wildman–Crippen MR) is 238 cm³/mol. The van der Waals surface area contributed by atoms with E-state index in [4.69, 9.17) is 5.73 Å². The summed E-state index contributed by atoms with van der Waals surface area (Å²) in [4.78, 5) is 94.3. The first-order chi connectivity index (χ1) is 30.0. The van der Waals surface area contributed by atoms with Crippen LogP contribution in [0.1, 0.15) is 128 Å². The number of rotatable bonds is 23. The van der Waals surface area contributed by atoms with E-state index >= 15 is 0 Å². The number of amides is 6. The van der Waals surface area contributed by atoms with Crippen LogP contribution in [-0.2, 0) is 40.0 Å². The maximum atomic E-state index is 13.9. The van der Waals surface area contributed by atoms with Crippen LogP contribution in [0.15, 0.2) is 36.4 Å². The van der Waals surface area contributed by atoms with Gasteiger partial charge in [0.05, 0.1) is 6.54 Å². The van der Waals surface area contributed by atoms with Gasteiger partial charge in [-0.15, -0.1) is 0 Å². The first kappa shape index (κ1) is 51.6. The number of carbonyl (C=O) groups is 7. The van der Waals surface area contributed by atoms with Crippen LogP contribution in [0, 0.1) is 0 Å². The minimum Gasteiger partial charge on any atom is -0.507 e. The lowest BCUT2D eigenvalue weighted by atomic mass is 9.94. The van der Waals surface area contributed by atoms with Gasteiger partial charge >= 0.3 is 5.97 Å². The second-order valence-electron chi connectivity index (χ2n) is 16.6. The van der Waals surface area contributed by atoms with Crippen molar-refractivity contribution in [3.63, 3.8) is 0 Å². The van der Waals surface area contributed by atoms with E-state index in [2.05, 4.69) is 28.2 Å². The number of nitrogens with zero attached hydrogens (tertiary/aromatic N) is 2. The van der Waals surface area contributed by atoms with Gasteiger partial charge in [-0.1, -0.05) is 96.1 Å². The number of nitrogens with one attached hydrogen (secondary N) is 4. The Balaban J connectivity index is 1.60. The molecule has 6 amide bonds. The molecule has 0 aromatic heterocycles. The first-order valence-corrected chi connectivity index (χ1v) is 22.3. The zero-order chi connectivity index (χ0) is 46.6. The summed E-state index contributed by atoms with van der Waals surface area (Å²) in [5.74, 6) is -5.93. The maximum Gasteiger partial charge on any atom is 0.326 e. The fraction of sp³-hybridized carbons (Fsp3) is 0.587. The molecule has 0 saturated carbocycles. The highest BCUT2D eigenvalue weighted by atomic mass is 16.4. The lowest BCUT2D eigenvalue weighted by Gasteiger charge is -2.30. The Hall–Kier alpha value is -5.71. The summed E-state index contributed by atoms with van der Waals surface area (Å²) in [6, 6.07) is 1.99. The van der Waals surface area contributed by atoms with Crippen LogP contribution in [0.2, 0.25) is 0 Å². The summed E-state index contributed by atoms with van der Waals surface area (Å²) in [7, 11) is 2.79. The smallest absolute Gasteiger partial charge is 0.326 e. The van der Waals surface area contributed by atoms with E-state index in [1.807, 2.05) is 0 Å². The van der Waals surface area contributed by atoms with Crippen molar-refractivity contribution >= 4 is 41.4 Å². The van der Waals surface area contributed by atoms with Crippen molar-refractivity contribution in [1.29, 1.82) is 0 Å². The summed E-state index contributed by atoms with van der Waals surface area (Å²) < 4.78 is 0. The van der Waals surface area contributed by atoms with Gasteiger partial charge in [0.25, 0.3) is 0 Å². The third-order valence-electron chi connectivity index (χ3n) is 11.6. The standard InChI is InChI=1S/C46H69N7O10/c1-6-7-8-9-10-11-12-13-14-15-16-17-18-19-39(56)52(4)36(27-47)44(60)49-29(2)42(58)48-28-40(57)53(5)41-32-21-23-38(55)34(26-32)33-24-31(20-22-37(33)54)25-35(46(62)63)51-43(59)30(3)50-45(41)61/h20-24,26,29-30,35-36,41,54-55H,6-19,25,27-28,47H2,1-5H3,(H,48,58)(H,49,60)(H,50,61)(H,51,59)(H,62,63)/t29-,30+,35+,36-,41+/m1/s1. The highest BCUT2D eigenvalue weighted by molar-refractivity contribution is 5.96. The fourth-order valence-electron chi connectivity index (χ4n) is 7.55. The van der Waals surface area contributed by atoms with Crippen LogP contribution in [0.3, 0.4) is 0 Å². The topological polar surface area (TPSA) is 261 Å². The van der Waals surface area contributed by atoms with Gasteiger partial charge in [0.15, 0.2) is 0 Å². The molecule has 0 spiro atoms. The van der Waals surface area contributed by atoms with Crippen molar-refractivity contribution in [2.45, 2.75) is 147 Å². The van der Waals surface area contributed by atoms with Gasteiger partial charge in [0.1, 0.15) is 41.7 Å². The number of hydrogen-bond acceptors (Lipinski definition) is 10. The lowest BCUT2D eigenvalue weighted by molar-refractivity contribution is -0.143. The van der Waals surface area contributed by atoms with Crippen molar-refractivity contribution in [1.82, 2.24) is 31.1 Å². The zero-order valence-corrected chi connectivity index (χ0v) is 37.5. The Morgan fingerprint density at radius 3 is 1.90 bits per heavy atom. The van der Waals surface area contributed by atoms with E-state index in [-0.39, 0.29) is 53.5 Å². The molecule has 0 unspecified atom stereocenters. The summed E-state index contributed by atoms with van der Waals surface area (Å²) in [6.07, 6.45) is 15.4. The van der Waals surface area contributed by atoms with E-state index in [1.54, 1.807) is 0 Å². The Kier molecular flexibility index (Phi) is 21.3. The molecule has 0 saturated heterocycles. The number of aromatic hydroxyl groups is 2. The van der Waals surface area contributed by atoms with Crippen molar-refractivity contribution in [2.24, 2.45) is 5.73 Å². The Bertz CT molecular complexity index is 1890. The highest BCUT2D eigenvalue weighted by Crippen LogP contribution is 2.38. The number of aliphatic carboxylic acids is 1. The van der Waals surface area contributed by atoms with Crippen LogP contribution < -0.4 is 27.0 Å². The summed E-state index contributed by atoms with van der Waals surface area (Å²) >= 11 is 0. The molecule has 2 aromatic rings. The van der Waals surface area contributed by atoms with Gasteiger partial charge in [0.2, 0.25) is 35.4 Å². The highest BCUT2D eigenvalue weighted by Gasteiger charge is 2.34. The molecular formula is C46H69N7O10. The van der Waals surface area contributed by atoms with Gasteiger partial charge in [-0.2, -0.15) is 0 Å². The molecule has 0 aliphatic carbocycles. The number of likely N-dealkylation sites (N-methyl/N-ethyl adjacent to an activating group) is 2. The number of phenolic OH excluding ortho intramolecular Hbond substituents is 2. The maximum absolute atomic E-state index is 13.9. The fourth-order valence-corrected chi connectivity index (χ4v) is 7.55. The largest absolute Gasteiger partial charge is 0.507 e. The third kappa shape index (κ3) is 15.9. The van der Waals surface area contributed by atoms with Gasteiger partial charge in [0, 0.05) is 44.6 Å². The second-order valence-corrected chi connectivity index (χ2v) is 16.6. The number of carboxylic acids is 1. The van der Waals surface area contributed by atoms with E-state index in [9.17, 15) is 48.9 Å². The molecular weight excluding hydrogens is 811 g/mol. The molecule has 5 atom stereocenters. The number of carboxylic acid groups (broad SMARTS) is 1. The molecule has 348 valence electrons. The number of carbonyl (C=O) groups excluding carboxylic acids is 6. The molecule has 63 heavy (non-hydrogen) atoms. The van der Waals surface area contributed by atoms with Crippen molar-refractivity contribution in [3.8, 4) is 22.6 Å². The predicted octanol–water partition coefficient (Wildman–Crippen LogP) is 3.78. The number of benzene rings is 2. The normalized spacial score (nSPS) is 17.3. The van der Waals surface area contributed by atoms with Gasteiger partial charge in [-0.25, -0.2) is 4.79 Å². The average molecular weight is 880 g/mol. The van der Waals surface area contributed by atoms with Crippen molar-refractivity contribution in [3.05, 3.63) is 47.5 Å². The van der Waals surface area contributed by atoms with Crippen LogP contribution in [-0.4, -0.2) is 118 Å². The molecule has 0 fully saturated rings. The number of phenols is 2. The van der Waals surface area contributed by atoms with Crippen LogP contribution in [0.5, 0.6) is 11.5 Å². The molecule has 17 heteroatoms. The molecule has 1 aliphatic rings. The first-order valence-electron chi connectivity index (χ1n) is 22.3. The van der Waals surface area contributed by atoms with Crippen LogP contribution >= 0.6 is 0 Å². The summed E-state index contributed by atoms with van der Waals surface area (Å²) in [6.45, 7) is 4.16. The SMILES string of the molecule is CCCCCCCCCCCCCCCC(=O)N(C)[C@H](CN)C(=O)N[C@H](C)C(=O)NCC(=O)N(C)[C@@H]1C(=O)N[C@@H](C)C(=O)N[C@H](C(=O)O)Cc2ccc(O)c(c2)-c2cc1ccc2O. The Labute approximate surface area is 370 Å². The monoisotopic (exact) mass is 880 g/mol. The molecule has 3 rings (SSSR count). The average Bonchev–Trinajstić information content (AvgIpc) is 3.24. The summed E-state index contributed by atoms with van der Waals surface area (Å²) in [5, 5.41) is 41.4. The van der Waals surface area contributed by atoms with Gasteiger partial charge < -0.3 is 52.1 Å². The zero-order valence-electron chi connectivity index (χ0n) is 37.5.